The van der Waals surface area contributed by atoms with Crippen LogP contribution in [0.15, 0.2) is 54.6 Å². The Hall–Kier alpha value is -4.61. The molecule has 1 N–H and O–H groups in total. The van der Waals surface area contributed by atoms with Gasteiger partial charge in [-0.3, -0.25) is 9.59 Å². The maximum atomic E-state index is 13.1. The molecule has 0 saturated heterocycles. The van der Waals surface area contributed by atoms with E-state index in [-0.39, 0.29) is 18.0 Å². The molecule has 0 radical (unpaired) electrons. The lowest BCUT2D eigenvalue weighted by Crippen LogP contribution is -2.45. The van der Waals surface area contributed by atoms with Crippen molar-refractivity contribution in [3.8, 4) is 11.4 Å². The molecule has 0 bridgehead atoms. The minimum absolute atomic E-state index is 0.0202. The van der Waals surface area contributed by atoms with Crippen molar-refractivity contribution in [1.29, 1.82) is 0 Å². The number of carbonyl (C=O) groups is 4. The van der Waals surface area contributed by atoms with Crippen molar-refractivity contribution in [1.82, 2.24) is 25.5 Å². The van der Waals surface area contributed by atoms with Crippen molar-refractivity contribution in [3.05, 3.63) is 65.7 Å². The van der Waals surface area contributed by atoms with E-state index in [1.807, 2.05) is 6.07 Å². The summed E-state index contributed by atoms with van der Waals surface area (Å²) in [4.78, 5) is 51.1. The summed E-state index contributed by atoms with van der Waals surface area (Å²) in [6.45, 7) is 4.64. The van der Waals surface area contributed by atoms with Crippen LogP contribution in [-0.4, -0.2) is 62.8 Å². The molecule has 1 unspecified atom stereocenters. The molecule has 1 atom stereocenters. The number of esters is 2. The third-order valence-corrected chi connectivity index (χ3v) is 5.01. The van der Waals surface area contributed by atoms with E-state index in [0.717, 1.165) is 10.4 Å². The van der Waals surface area contributed by atoms with Crippen molar-refractivity contribution >= 4 is 23.8 Å². The number of amides is 1. The van der Waals surface area contributed by atoms with Gasteiger partial charge in [0.25, 0.3) is 0 Å². The number of aromatic nitrogens is 4. The van der Waals surface area contributed by atoms with Gasteiger partial charge in [0.1, 0.15) is 24.8 Å². The Morgan fingerprint density at radius 2 is 1.68 bits per heavy atom. The lowest BCUT2D eigenvalue weighted by atomic mass is 10.1. The van der Waals surface area contributed by atoms with Gasteiger partial charge in [0.2, 0.25) is 5.82 Å². The summed E-state index contributed by atoms with van der Waals surface area (Å²) in [6, 6.07) is 14.2. The fraction of sp³-hybridized carbons (Fsp3) is 0.346. The first-order valence-corrected chi connectivity index (χ1v) is 11.7. The summed E-state index contributed by atoms with van der Waals surface area (Å²) >= 11 is 0. The number of hydrogen-bond acceptors (Lipinski definition) is 10. The van der Waals surface area contributed by atoms with Crippen LogP contribution in [0.4, 0.5) is 4.79 Å². The Balaban J connectivity index is 1.73. The second-order valence-electron chi connectivity index (χ2n) is 9.20. The zero-order valence-electron chi connectivity index (χ0n) is 21.5. The molecular weight excluding hydrogens is 494 g/mol. The van der Waals surface area contributed by atoms with E-state index in [1.54, 1.807) is 69.3 Å². The molecule has 1 aromatic heterocycles. The zero-order valence-corrected chi connectivity index (χ0v) is 21.5. The Morgan fingerprint density at radius 3 is 2.37 bits per heavy atom. The average molecular weight is 524 g/mol. The quantitative estimate of drug-likeness (QED) is 0.310. The molecule has 3 aromatic rings. The number of ketones is 1. The smallest absolute Gasteiger partial charge is 0.408 e. The van der Waals surface area contributed by atoms with Crippen molar-refractivity contribution in [2.75, 3.05) is 7.11 Å². The van der Waals surface area contributed by atoms with E-state index in [0.29, 0.717) is 5.56 Å². The minimum atomic E-state index is -1.27. The molecule has 200 valence electrons. The van der Waals surface area contributed by atoms with Crippen LogP contribution in [0.25, 0.3) is 11.4 Å². The van der Waals surface area contributed by atoms with E-state index < -0.39 is 48.4 Å². The SMILES string of the molecule is COC(=O)c1ccccc1-c1nnn(CC(=O)C(CC(=O)OC(C)(C)C)NC(=O)OCc2ccccc2)n1. The molecule has 0 spiro atoms. The predicted molar refractivity (Wildman–Crippen MR) is 134 cm³/mol. The number of benzene rings is 2. The van der Waals surface area contributed by atoms with E-state index in [4.69, 9.17) is 14.2 Å². The highest BCUT2D eigenvalue weighted by Gasteiger charge is 2.28. The molecule has 0 aliphatic heterocycles. The number of ether oxygens (including phenoxy) is 3. The summed E-state index contributed by atoms with van der Waals surface area (Å²) < 4.78 is 15.3. The molecule has 38 heavy (non-hydrogen) atoms. The van der Waals surface area contributed by atoms with Crippen molar-refractivity contribution in [3.63, 3.8) is 0 Å². The van der Waals surface area contributed by atoms with Crippen LogP contribution in [0.5, 0.6) is 0 Å². The molecule has 12 nitrogen and oxygen atoms in total. The molecule has 2 aromatic carbocycles. The number of rotatable bonds is 10. The zero-order chi connectivity index (χ0) is 27.7. The van der Waals surface area contributed by atoms with E-state index >= 15 is 0 Å². The summed E-state index contributed by atoms with van der Waals surface area (Å²) in [5, 5.41) is 14.4. The lowest BCUT2D eigenvalue weighted by molar-refractivity contribution is -0.156. The molecule has 1 heterocycles. The van der Waals surface area contributed by atoms with Gasteiger partial charge < -0.3 is 19.5 Å². The number of hydrogen-bond donors (Lipinski definition) is 1. The van der Waals surface area contributed by atoms with Gasteiger partial charge in [0, 0.05) is 5.56 Å². The summed E-state index contributed by atoms with van der Waals surface area (Å²) in [6.07, 6.45) is -1.31. The summed E-state index contributed by atoms with van der Waals surface area (Å²) in [5.41, 5.74) is 0.565. The van der Waals surface area contributed by atoms with E-state index in [2.05, 4.69) is 20.7 Å². The van der Waals surface area contributed by atoms with E-state index in [1.165, 1.54) is 7.11 Å². The van der Waals surface area contributed by atoms with Crippen LogP contribution in [0.1, 0.15) is 43.1 Å². The molecule has 0 aliphatic rings. The van der Waals surface area contributed by atoms with Crippen molar-refractivity contribution < 1.29 is 33.4 Å². The molecular formula is C26H29N5O7. The summed E-state index contributed by atoms with van der Waals surface area (Å²) in [5.74, 6) is -1.75. The summed E-state index contributed by atoms with van der Waals surface area (Å²) in [7, 11) is 1.25. The second kappa shape index (κ2) is 12.6. The minimum Gasteiger partial charge on any atom is -0.465 e. The van der Waals surface area contributed by atoms with Gasteiger partial charge in [-0.15, -0.1) is 10.2 Å². The van der Waals surface area contributed by atoms with Crippen LogP contribution in [0.2, 0.25) is 0 Å². The molecule has 1 amide bonds. The van der Waals surface area contributed by atoms with Crippen molar-refractivity contribution in [2.24, 2.45) is 0 Å². The molecule has 0 fully saturated rings. The highest BCUT2D eigenvalue weighted by Crippen LogP contribution is 2.20. The number of carbonyl (C=O) groups excluding carboxylic acids is 4. The van der Waals surface area contributed by atoms with Gasteiger partial charge in [-0.05, 0) is 37.6 Å². The Labute approximate surface area is 219 Å². The van der Waals surface area contributed by atoms with E-state index in [9.17, 15) is 19.2 Å². The van der Waals surface area contributed by atoms with Crippen molar-refractivity contribution in [2.45, 2.75) is 52.0 Å². The van der Waals surface area contributed by atoms with Crippen LogP contribution in [-0.2, 0) is 37.0 Å². The molecule has 0 aliphatic carbocycles. The Bertz CT molecular complexity index is 1280. The lowest BCUT2D eigenvalue weighted by Gasteiger charge is -2.22. The van der Waals surface area contributed by atoms with Gasteiger partial charge in [-0.1, -0.05) is 48.5 Å². The van der Waals surface area contributed by atoms with Crippen LogP contribution in [0, 0.1) is 0 Å². The average Bonchev–Trinajstić information content (AvgIpc) is 3.34. The predicted octanol–water partition coefficient (Wildman–Crippen LogP) is 2.72. The fourth-order valence-electron chi connectivity index (χ4n) is 3.34. The van der Waals surface area contributed by atoms with Gasteiger partial charge >= 0.3 is 18.0 Å². The number of Topliss-reactive ketones (excluding diaryl/α,β-unsaturated/α-hetero) is 1. The van der Waals surface area contributed by atoms with Crippen LogP contribution < -0.4 is 5.32 Å². The topological polar surface area (TPSA) is 152 Å². The maximum Gasteiger partial charge on any atom is 0.408 e. The third kappa shape index (κ3) is 8.22. The van der Waals surface area contributed by atoms with Gasteiger partial charge in [0.05, 0.1) is 19.1 Å². The molecule has 12 heteroatoms. The largest absolute Gasteiger partial charge is 0.465 e. The standard InChI is InChI=1S/C26H29N5O7/c1-26(2,3)38-22(33)14-20(27-25(35)37-16-17-10-6-5-7-11-17)21(32)15-31-29-23(28-30-31)18-12-8-9-13-19(18)24(34)36-4/h5-13,20H,14-16H2,1-4H3,(H,27,35). The first kappa shape index (κ1) is 28.0. The first-order valence-electron chi connectivity index (χ1n) is 11.7. The Kier molecular flexibility index (Phi) is 9.25. The Morgan fingerprint density at radius 1 is 1.00 bits per heavy atom. The monoisotopic (exact) mass is 523 g/mol. The number of methoxy groups -OCH3 is 1. The number of nitrogens with zero attached hydrogens (tertiary/aromatic N) is 4. The maximum absolute atomic E-state index is 13.1. The second-order valence-corrected chi connectivity index (χ2v) is 9.20. The fourth-order valence-corrected chi connectivity index (χ4v) is 3.34. The van der Waals surface area contributed by atoms with Gasteiger partial charge in [-0.2, -0.15) is 4.80 Å². The number of nitrogens with one attached hydrogen (secondary N) is 1. The highest BCUT2D eigenvalue weighted by atomic mass is 16.6. The van der Waals surface area contributed by atoms with Crippen LogP contribution >= 0.6 is 0 Å². The van der Waals surface area contributed by atoms with Gasteiger partial charge in [-0.25, -0.2) is 9.59 Å². The normalized spacial score (nSPS) is 11.8. The number of alkyl carbamates (subject to hydrolysis) is 1. The van der Waals surface area contributed by atoms with Crippen LogP contribution in [0.3, 0.4) is 0 Å². The number of tetrazole rings is 1. The first-order chi connectivity index (χ1) is 18.1. The van der Waals surface area contributed by atoms with Gasteiger partial charge in [0.15, 0.2) is 5.78 Å². The highest BCUT2D eigenvalue weighted by molar-refractivity contribution is 5.96. The third-order valence-electron chi connectivity index (χ3n) is 5.01. The molecule has 0 saturated carbocycles. The molecule has 3 rings (SSSR count).